The average molecular weight is 371 g/mol. The van der Waals surface area contributed by atoms with Crippen LogP contribution in [0.4, 0.5) is 22.7 Å². The lowest BCUT2D eigenvalue weighted by atomic mass is 10.1. The largest absolute Gasteiger partial charge is 0.429 e. The van der Waals surface area contributed by atoms with Crippen molar-refractivity contribution >= 4 is 32.7 Å². The van der Waals surface area contributed by atoms with Crippen LogP contribution in [0.25, 0.3) is 21.6 Å². The van der Waals surface area contributed by atoms with E-state index in [0.717, 1.165) is 23.5 Å². The van der Waals surface area contributed by atoms with Crippen molar-refractivity contribution in [1.82, 2.24) is 9.97 Å². The highest BCUT2D eigenvalue weighted by atomic mass is 32.1. The lowest BCUT2D eigenvalue weighted by Gasteiger charge is -2.09. The summed E-state index contributed by atoms with van der Waals surface area (Å²) in [4.78, 5) is 19.9. The van der Waals surface area contributed by atoms with Crippen LogP contribution in [0.5, 0.6) is 5.75 Å². The van der Waals surface area contributed by atoms with Crippen LogP contribution >= 0.6 is 11.3 Å². The van der Waals surface area contributed by atoms with Gasteiger partial charge in [-0.15, -0.1) is 0 Å². The Bertz CT molecular complexity index is 938. The van der Waals surface area contributed by atoms with Crippen molar-refractivity contribution in [2.45, 2.75) is 13.5 Å². The number of hydrogen-bond donors (Lipinski definition) is 1. The number of fused-ring (bicyclic) bond motifs is 1. The molecule has 0 bridgehead atoms. The van der Waals surface area contributed by atoms with Crippen molar-refractivity contribution in [1.29, 1.82) is 0 Å². The molecular formula is C15H9F4N3O2S. The number of rotatable bonds is 4. The predicted molar refractivity (Wildman–Crippen MR) is 83.7 cm³/mol. The van der Waals surface area contributed by atoms with Crippen molar-refractivity contribution in [2.24, 2.45) is 0 Å². The first-order valence-electron chi connectivity index (χ1n) is 6.83. The van der Waals surface area contributed by atoms with Gasteiger partial charge in [-0.05, 0) is 24.3 Å². The minimum atomic E-state index is -3.34. The second-order valence-corrected chi connectivity index (χ2v) is 5.85. The van der Waals surface area contributed by atoms with Crippen molar-refractivity contribution < 1.29 is 27.1 Å². The average Bonchev–Trinajstić information content (AvgIpc) is 2.90. The number of hydrogen-bond acceptors (Lipinski definition) is 5. The molecule has 0 aliphatic heterocycles. The molecule has 0 spiro atoms. The Morgan fingerprint density at radius 3 is 2.48 bits per heavy atom. The highest BCUT2D eigenvalue weighted by molar-refractivity contribution is 7.21. The second kappa shape index (κ2) is 6.63. The van der Waals surface area contributed by atoms with Gasteiger partial charge in [-0.1, -0.05) is 11.3 Å². The smallest absolute Gasteiger partial charge is 0.387 e. The lowest BCUT2D eigenvalue weighted by molar-refractivity contribution is -0.114. The molecule has 25 heavy (non-hydrogen) atoms. The number of ether oxygens (including phenoxy) is 1. The van der Waals surface area contributed by atoms with Crippen LogP contribution in [-0.2, 0) is 4.79 Å². The van der Waals surface area contributed by atoms with E-state index in [1.807, 2.05) is 0 Å². The number of aromatic nitrogens is 2. The summed E-state index contributed by atoms with van der Waals surface area (Å²) in [6.07, 6.45) is 0. The van der Waals surface area contributed by atoms with E-state index in [1.54, 1.807) is 6.07 Å². The lowest BCUT2D eigenvalue weighted by Crippen LogP contribution is -2.06. The highest BCUT2D eigenvalue weighted by Crippen LogP contribution is 2.31. The Morgan fingerprint density at radius 2 is 1.88 bits per heavy atom. The molecule has 0 fully saturated rings. The number of halogens is 4. The van der Waals surface area contributed by atoms with Crippen LogP contribution in [0.1, 0.15) is 6.92 Å². The molecule has 130 valence electrons. The summed E-state index contributed by atoms with van der Waals surface area (Å²) >= 11 is 1.09. The Morgan fingerprint density at radius 1 is 1.20 bits per heavy atom. The molecule has 0 aliphatic carbocycles. The quantitative estimate of drug-likeness (QED) is 0.699. The summed E-state index contributed by atoms with van der Waals surface area (Å²) in [6.45, 7) is -2.01. The summed E-state index contributed by atoms with van der Waals surface area (Å²) in [6, 6.07) is 4.75. The fourth-order valence-corrected chi connectivity index (χ4v) is 2.98. The summed E-state index contributed by atoms with van der Waals surface area (Å²) in [5, 5.41) is 2.86. The Hall–Kier alpha value is -2.75. The maximum atomic E-state index is 13.8. The van der Waals surface area contributed by atoms with Crippen molar-refractivity contribution in [3.8, 4) is 17.0 Å². The maximum absolute atomic E-state index is 13.8. The monoisotopic (exact) mass is 371 g/mol. The fourth-order valence-electron chi connectivity index (χ4n) is 2.09. The molecule has 0 saturated heterocycles. The summed E-state index contributed by atoms with van der Waals surface area (Å²) in [5.41, 5.74) is 0.760. The molecule has 10 heteroatoms. The van der Waals surface area contributed by atoms with E-state index in [-0.39, 0.29) is 17.2 Å². The zero-order valence-corrected chi connectivity index (χ0v) is 13.3. The number of nitrogens with one attached hydrogen (secondary N) is 1. The molecule has 2 aromatic heterocycles. The number of carbonyl (C=O) groups is 1. The van der Waals surface area contributed by atoms with E-state index in [0.29, 0.717) is 15.5 Å². The molecule has 3 rings (SSSR count). The van der Waals surface area contributed by atoms with E-state index < -0.39 is 24.0 Å². The van der Waals surface area contributed by atoms with E-state index in [1.165, 1.54) is 13.0 Å². The number of amides is 1. The summed E-state index contributed by atoms with van der Waals surface area (Å²) in [7, 11) is 0. The SMILES string of the molecule is CC(=O)Nc1nc2ccc(-c3cc(F)c(OC(F)F)c(F)c3)nc2s1. The summed E-state index contributed by atoms with van der Waals surface area (Å²) in [5.74, 6) is -3.97. The van der Waals surface area contributed by atoms with Crippen LogP contribution in [0.2, 0.25) is 0 Å². The molecule has 0 atom stereocenters. The number of pyridine rings is 1. The second-order valence-electron chi connectivity index (χ2n) is 4.87. The fraction of sp³-hybridized carbons (Fsp3) is 0.133. The van der Waals surface area contributed by atoms with Gasteiger partial charge in [-0.3, -0.25) is 4.79 Å². The molecule has 5 nitrogen and oxygen atoms in total. The third kappa shape index (κ3) is 3.68. The Labute approximate surface area is 142 Å². The van der Waals surface area contributed by atoms with Gasteiger partial charge >= 0.3 is 6.61 Å². The van der Waals surface area contributed by atoms with E-state index in [4.69, 9.17) is 0 Å². The maximum Gasteiger partial charge on any atom is 0.387 e. The third-order valence-corrected chi connectivity index (χ3v) is 3.92. The third-order valence-electron chi connectivity index (χ3n) is 3.04. The van der Waals surface area contributed by atoms with Gasteiger partial charge in [0.25, 0.3) is 0 Å². The topological polar surface area (TPSA) is 64.1 Å². The van der Waals surface area contributed by atoms with Gasteiger partial charge in [0.05, 0.1) is 5.69 Å². The molecule has 1 aromatic carbocycles. The van der Waals surface area contributed by atoms with Gasteiger partial charge in [-0.2, -0.15) is 8.78 Å². The zero-order valence-electron chi connectivity index (χ0n) is 12.5. The van der Waals surface area contributed by atoms with Crippen molar-refractivity contribution in [2.75, 3.05) is 5.32 Å². The predicted octanol–water partition coefficient (Wildman–Crippen LogP) is 4.20. The minimum absolute atomic E-state index is 0.0491. The molecule has 0 radical (unpaired) electrons. The van der Waals surface area contributed by atoms with Crippen LogP contribution in [-0.4, -0.2) is 22.5 Å². The number of nitrogens with zero attached hydrogens (tertiary/aromatic N) is 2. The van der Waals surface area contributed by atoms with Crippen molar-refractivity contribution in [3.63, 3.8) is 0 Å². The summed E-state index contributed by atoms with van der Waals surface area (Å²) < 4.78 is 55.8. The zero-order chi connectivity index (χ0) is 18.1. The molecule has 0 saturated carbocycles. The van der Waals surface area contributed by atoms with E-state index in [9.17, 15) is 22.4 Å². The Kier molecular flexibility index (Phi) is 4.53. The van der Waals surface area contributed by atoms with E-state index in [2.05, 4.69) is 20.0 Å². The van der Waals surface area contributed by atoms with Gasteiger partial charge in [0.15, 0.2) is 22.5 Å². The van der Waals surface area contributed by atoms with Gasteiger partial charge in [0.2, 0.25) is 5.91 Å². The molecule has 3 aromatic rings. The Balaban J connectivity index is 1.99. The number of alkyl halides is 2. The first kappa shape index (κ1) is 17.1. The van der Waals surface area contributed by atoms with Crippen molar-refractivity contribution in [3.05, 3.63) is 35.9 Å². The first-order valence-corrected chi connectivity index (χ1v) is 7.64. The molecule has 0 aliphatic rings. The van der Waals surface area contributed by atoms with E-state index >= 15 is 0 Å². The van der Waals surface area contributed by atoms with Gasteiger partial charge in [-0.25, -0.2) is 18.7 Å². The molecule has 1 amide bonds. The number of anilines is 1. The van der Waals surface area contributed by atoms with Gasteiger partial charge in [0, 0.05) is 12.5 Å². The van der Waals surface area contributed by atoms with Crippen LogP contribution in [0.15, 0.2) is 24.3 Å². The normalized spacial score (nSPS) is 11.1. The molecule has 2 heterocycles. The first-order chi connectivity index (χ1) is 11.8. The number of benzene rings is 1. The number of carbonyl (C=O) groups excluding carboxylic acids is 1. The van der Waals surface area contributed by atoms with Gasteiger partial charge in [0.1, 0.15) is 10.3 Å². The van der Waals surface area contributed by atoms with Gasteiger partial charge < -0.3 is 10.1 Å². The molecule has 0 unspecified atom stereocenters. The van der Waals surface area contributed by atoms with Crippen LogP contribution in [0, 0.1) is 11.6 Å². The number of thiazole rings is 1. The van der Waals surface area contributed by atoms with Crippen LogP contribution in [0.3, 0.4) is 0 Å². The minimum Gasteiger partial charge on any atom is -0.429 e. The van der Waals surface area contributed by atoms with Crippen LogP contribution < -0.4 is 10.1 Å². The molecular weight excluding hydrogens is 362 g/mol. The standard InChI is InChI=1S/C15H9F4N3O2S/c1-6(23)20-15-22-11-3-2-10(21-13(11)25-15)7-4-8(16)12(9(17)5-7)24-14(18)19/h2-5,14H,1H3,(H,20,22,23). The highest BCUT2D eigenvalue weighted by Gasteiger charge is 2.18. The molecule has 1 N–H and O–H groups in total.